The number of aliphatic imine (C=N–C) groups is 1. The molecule has 0 unspecified atom stereocenters. The van der Waals surface area contributed by atoms with E-state index in [1.807, 2.05) is 12.1 Å². The lowest BCUT2D eigenvalue weighted by Crippen LogP contribution is -2.22. The molecular formula is C20H28N2O6. The number of aliphatic carboxylic acids is 2. The summed E-state index contributed by atoms with van der Waals surface area (Å²) >= 11 is 0. The number of amidine groups is 1. The smallest absolute Gasteiger partial charge is 0.328 e. The predicted octanol–water partition coefficient (Wildman–Crippen LogP) is 2.52. The van der Waals surface area contributed by atoms with Gasteiger partial charge in [0.05, 0.1) is 20.1 Å². The van der Waals surface area contributed by atoms with Crippen LogP contribution in [0.15, 0.2) is 35.3 Å². The number of nitrogens with zero attached hydrogens (tertiary/aromatic N) is 1. The Labute approximate surface area is 164 Å². The van der Waals surface area contributed by atoms with Crippen LogP contribution in [0.2, 0.25) is 0 Å². The van der Waals surface area contributed by atoms with E-state index >= 15 is 0 Å². The summed E-state index contributed by atoms with van der Waals surface area (Å²) in [6.07, 6.45) is 6.95. The van der Waals surface area contributed by atoms with Gasteiger partial charge in [0.15, 0.2) is 11.5 Å². The van der Waals surface area contributed by atoms with Gasteiger partial charge in [-0.25, -0.2) is 9.59 Å². The Morgan fingerprint density at radius 1 is 1.07 bits per heavy atom. The van der Waals surface area contributed by atoms with Crippen LogP contribution in [0.1, 0.15) is 31.2 Å². The van der Waals surface area contributed by atoms with Gasteiger partial charge in [-0.1, -0.05) is 12.5 Å². The van der Waals surface area contributed by atoms with Crippen LogP contribution in [-0.4, -0.2) is 55.3 Å². The standard InChI is InChI=1S/C16H24N2O2.C4H4O4/c1-19-14-8-7-13(12-15(14)20-2)9-11-18-16-6-4-3-5-10-17-16;5-3(6)1-2-4(7)8/h7-8,12H,3-6,9-11H2,1-2H3,(H,17,18);1-2H,(H,5,6)(H,7,8)/b;2-1+. The van der Waals surface area contributed by atoms with Crippen molar-refractivity contribution in [1.82, 2.24) is 5.32 Å². The lowest BCUT2D eigenvalue weighted by atomic mass is 10.1. The minimum Gasteiger partial charge on any atom is -0.493 e. The number of carboxylic acid groups (broad SMARTS) is 2. The van der Waals surface area contributed by atoms with E-state index in [1.165, 1.54) is 30.7 Å². The van der Waals surface area contributed by atoms with Gasteiger partial charge in [0.1, 0.15) is 0 Å². The summed E-state index contributed by atoms with van der Waals surface area (Å²) in [5.41, 5.74) is 1.22. The molecule has 0 radical (unpaired) electrons. The molecule has 1 aromatic rings. The van der Waals surface area contributed by atoms with E-state index in [0.717, 1.165) is 37.4 Å². The van der Waals surface area contributed by atoms with Gasteiger partial charge >= 0.3 is 11.9 Å². The highest BCUT2D eigenvalue weighted by molar-refractivity contribution is 5.89. The van der Waals surface area contributed by atoms with Crippen molar-refractivity contribution in [3.63, 3.8) is 0 Å². The van der Waals surface area contributed by atoms with Crippen LogP contribution in [0, 0.1) is 0 Å². The first-order valence-corrected chi connectivity index (χ1v) is 9.08. The van der Waals surface area contributed by atoms with E-state index < -0.39 is 11.9 Å². The number of ether oxygens (including phenoxy) is 2. The minimum atomic E-state index is -1.26. The van der Waals surface area contributed by atoms with E-state index in [2.05, 4.69) is 16.4 Å². The zero-order chi connectivity index (χ0) is 20.8. The zero-order valence-corrected chi connectivity index (χ0v) is 16.3. The van der Waals surface area contributed by atoms with Crippen molar-refractivity contribution in [3.05, 3.63) is 35.9 Å². The summed E-state index contributed by atoms with van der Waals surface area (Å²) in [7, 11) is 3.32. The third kappa shape index (κ3) is 9.61. The molecule has 0 saturated carbocycles. The van der Waals surface area contributed by atoms with E-state index in [-0.39, 0.29) is 0 Å². The highest BCUT2D eigenvalue weighted by Gasteiger charge is 2.06. The number of methoxy groups -OCH3 is 2. The average Bonchev–Trinajstić information content (AvgIpc) is 2.95. The van der Waals surface area contributed by atoms with Crippen molar-refractivity contribution >= 4 is 17.8 Å². The van der Waals surface area contributed by atoms with E-state index in [1.54, 1.807) is 14.2 Å². The van der Waals surface area contributed by atoms with Crippen molar-refractivity contribution < 1.29 is 29.3 Å². The highest BCUT2D eigenvalue weighted by atomic mass is 16.5. The van der Waals surface area contributed by atoms with Crippen LogP contribution in [-0.2, 0) is 16.0 Å². The molecule has 0 atom stereocenters. The quantitative estimate of drug-likeness (QED) is 0.610. The van der Waals surface area contributed by atoms with Crippen LogP contribution in [0.3, 0.4) is 0 Å². The molecule has 2 rings (SSSR count). The molecule has 0 aromatic heterocycles. The normalized spacial score (nSPS) is 15.1. The summed E-state index contributed by atoms with van der Waals surface area (Å²) in [4.78, 5) is 23.8. The Balaban J connectivity index is 0.000000416. The summed E-state index contributed by atoms with van der Waals surface area (Å²) in [5.74, 6) is 0.209. The third-order valence-electron chi connectivity index (χ3n) is 3.94. The van der Waals surface area contributed by atoms with E-state index in [0.29, 0.717) is 12.2 Å². The second-order valence-corrected chi connectivity index (χ2v) is 6.01. The molecule has 28 heavy (non-hydrogen) atoms. The Kier molecular flexibility index (Phi) is 10.8. The third-order valence-corrected chi connectivity index (χ3v) is 3.94. The number of hydrogen-bond donors (Lipinski definition) is 3. The molecule has 1 saturated heterocycles. The fourth-order valence-electron chi connectivity index (χ4n) is 2.55. The highest BCUT2D eigenvalue weighted by Crippen LogP contribution is 2.27. The fourth-order valence-corrected chi connectivity index (χ4v) is 2.55. The Bertz CT molecular complexity index is 674. The summed E-state index contributed by atoms with van der Waals surface area (Å²) < 4.78 is 10.6. The molecule has 0 aliphatic carbocycles. The largest absolute Gasteiger partial charge is 0.493 e. The molecule has 3 N–H and O–H groups in total. The van der Waals surface area contributed by atoms with Crippen LogP contribution in [0.25, 0.3) is 0 Å². The van der Waals surface area contributed by atoms with Crippen molar-refractivity contribution in [2.75, 3.05) is 27.3 Å². The lowest BCUT2D eigenvalue weighted by Gasteiger charge is -2.09. The van der Waals surface area contributed by atoms with Gasteiger partial charge in [0.25, 0.3) is 0 Å². The predicted molar refractivity (Wildman–Crippen MR) is 106 cm³/mol. The molecule has 0 spiro atoms. The molecule has 154 valence electrons. The molecule has 8 nitrogen and oxygen atoms in total. The minimum absolute atomic E-state index is 0.558. The maximum Gasteiger partial charge on any atom is 0.328 e. The van der Waals surface area contributed by atoms with Gasteiger partial charge in [-0.3, -0.25) is 4.99 Å². The Morgan fingerprint density at radius 2 is 1.75 bits per heavy atom. The molecule has 1 aliphatic heterocycles. The molecule has 8 heteroatoms. The first kappa shape index (κ1) is 23.0. The van der Waals surface area contributed by atoms with Gasteiger partial charge in [0.2, 0.25) is 0 Å². The average molecular weight is 392 g/mol. The summed E-state index contributed by atoms with van der Waals surface area (Å²) in [5, 5.41) is 19.0. The maximum atomic E-state index is 9.55. The summed E-state index contributed by atoms with van der Waals surface area (Å²) in [6.45, 7) is 1.88. The van der Waals surface area contributed by atoms with Crippen LogP contribution in [0.4, 0.5) is 0 Å². The molecule has 1 heterocycles. The molecular weight excluding hydrogens is 364 g/mol. The first-order chi connectivity index (χ1) is 13.5. The summed E-state index contributed by atoms with van der Waals surface area (Å²) in [6, 6.07) is 6.05. The Morgan fingerprint density at radius 3 is 2.36 bits per heavy atom. The number of carbonyl (C=O) groups is 2. The van der Waals surface area contributed by atoms with E-state index in [4.69, 9.17) is 19.7 Å². The van der Waals surface area contributed by atoms with Gasteiger partial charge in [-0.15, -0.1) is 0 Å². The van der Waals surface area contributed by atoms with Gasteiger partial charge in [-0.2, -0.15) is 0 Å². The zero-order valence-electron chi connectivity index (χ0n) is 16.3. The van der Waals surface area contributed by atoms with Crippen LogP contribution < -0.4 is 14.8 Å². The van der Waals surface area contributed by atoms with Gasteiger partial charge < -0.3 is 25.0 Å². The molecule has 0 bridgehead atoms. The van der Waals surface area contributed by atoms with Crippen LogP contribution >= 0.6 is 0 Å². The Hall–Kier alpha value is -3.03. The van der Waals surface area contributed by atoms with Gasteiger partial charge in [0, 0.05) is 31.7 Å². The number of hydrogen-bond acceptors (Lipinski definition) is 5. The lowest BCUT2D eigenvalue weighted by molar-refractivity contribution is -0.134. The topological polar surface area (TPSA) is 117 Å². The molecule has 1 aromatic carbocycles. The van der Waals surface area contributed by atoms with Gasteiger partial charge in [-0.05, 0) is 37.0 Å². The molecule has 1 aliphatic rings. The second kappa shape index (κ2) is 13.2. The monoisotopic (exact) mass is 392 g/mol. The van der Waals surface area contributed by atoms with Crippen molar-refractivity contribution in [2.24, 2.45) is 4.99 Å². The number of benzene rings is 1. The fraction of sp³-hybridized carbons (Fsp3) is 0.450. The van der Waals surface area contributed by atoms with Crippen molar-refractivity contribution in [3.8, 4) is 11.5 Å². The molecule has 0 amide bonds. The number of rotatable bonds is 7. The van der Waals surface area contributed by atoms with E-state index in [9.17, 15) is 9.59 Å². The number of carboxylic acids is 2. The van der Waals surface area contributed by atoms with Crippen LogP contribution in [0.5, 0.6) is 11.5 Å². The van der Waals surface area contributed by atoms with Crippen molar-refractivity contribution in [2.45, 2.75) is 32.1 Å². The van der Waals surface area contributed by atoms with Crippen molar-refractivity contribution in [1.29, 1.82) is 0 Å². The molecule has 1 fully saturated rings. The SMILES string of the molecule is COc1ccc(CCN=C2CCCCCN2)cc1OC.O=C(O)/C=C/C(=O)O. The first-order valence-electron chi connectivity index (χ1n) is 9.08. The maximum absolute atomic E-state index is 9.55. The second-order valence-electron chi connectivity index (χ2n) is 6.01. The number of nitrogens with one attached hydrogen (secondary N) is 1.